The van der Waals surface area contributed by atoms with Gasteiger partial charge in [-0.15, -0.1) is 0 Å². The van der Waals surface area contributed by atoms with E-state index in [-0.39, 0.29) is 24.2 Å². The Kier molecular flexibility index (Phi) is 5.35. The largest absolute Gasteiger partial charge is 0.497 e. The summed E-state index contributed by atoms with van der Waals surface area (Å²) in [5.74, 6) is 0.963. The van der Waals surface area contributed by atoms with Gasteiger partial charge in [0.1, 0.15) is 5.75 Å². The molecule has 2 aliphatic rings. The summed E-state index contributed by atoms with van der Waals surface area (Å²) in [6, 6.07) is 14.7. The molecule has 0 bridgehead atoms. The van der Waals surface area contributed by atoms with E-state index in [9.17, 15) is 9.59 Å². The van der Waals surface area contributed by atoms with Crippen LogP contribution < -0.4 is 9.64 Å². The standard InChI is InChI=1S/C24H22ClN3O4/c1-31-19-8-6-18(7-9-19)28-13-16(12-22(28)29)24(30)27-11-10-21-20(14-27)23(32-26-21)15-2-4-17(25)5-3-15/h2-9,16H,10-14H2,1H3. The summed E-state index contributed by atoms with van der Waals surface area (Å²) in [5, 5.41) is 4.85. The van der Waals surface area contributed by atoms with E-state index in [0.717, 1.165) is 28.3 Å². The summed E-state index contributed by atoms with van der Waals surface area (Å²) in [7, 11) is 1.60. The number of nitrogens with zero attached hydrogens (tertiary/aromatic N) is 3. The second-order valence-electron chi connectivity index (χ2n) is 8.06. The predicted octanol–water partition coefficient (Wildman–Crippen LogP) is 3.94. The smallest absolute Gasteiger partial charge is 0.228 e. The number of halogens is 1. The summed E-state index contributed by atoms with van der Waals surface area (Å²) in [6.45, 7) is 1.36. The number of methoxy groups -OCH3 is 1. The third kappa shape index (κ3) is 3.73. The van der Waals surface area contributed by atoms with Gasteiger partial charge in [-0.3, -0.25) is 9.59 Å². The number of anilines is 1. The lowest BCUT2D eigenvalue weighted by Crippen LogP contribution is -2.40. The number of benzene rings is 2. The molecular weight excluding hydrogens is 430 g/mol. The first-order valence-corrected chi connectivity index (χ1v) is 10.9. The molecule has 0 saturated carbocycles. The van der Waals surface area contributed by atoms with Crippen molar-refractivity contribution in [3.8, 4) is 17.1 Å². The molecule has 7 nitrogen and oxygen atoms in total. The number of rotatable bonds is 4. The summed E-state index contributed by atoms with van der Waals surface area (Å²) in [6.07, 6.45) is 0.836. The lowest BCUT2D eigenvalue weighted by Gasteiger charge is -2.28. The second-order valence-corrected chi connectivity index (χ2v) is 8.49. The Morgan fingerprint density at radius 2 is 1.91 bits per heavy atom. The number of amides is 2. The van der Waals surface area contributed by atoms with Gasteiger partial charge in [0.25, 0.3) is 0 Å². The lowest BCUT2D eigenvalue weighted by atomic mass is 9.99. The lowest BCUT2D eigenvalue weighted by molar-refractivity contribution is -0.136. The molecule has 1 unspecified atom stereocenters. The van der Waals surface area contributed by atoms with Gasteiger partial charge in [-0.1, -0.05) is 16.8 Å². The van der Waals surface area contributed by atoms with Gasteiger partial charge < -0.3 is 19.1 Å². The van der Waals surface area contributed by atoms with Crippen molar-refractivity contribution < 1.29 is 18.8 Å². The fourth-order valence-electron chi connectivity index (χ4n) is 4.37. The number of fused-ring (bicyclic) bond motifs is 1. The maximum atomic E-state index is 13.3. The predicted molar refractivity (Wildman–Crippen MR) is 120 cm³/mol. The normalized spacial score (nSPS) is 18.1. The van der Waals surface area contributed by atoms with Gasteiger partial charge in [0.05, 0.1) is 25.3 Å². The number of aromatic nitrogens is 1. The molecule has 32 heavy (non-hydrogen) atoms. The average molecular weight is 452 g/mol. The van der Waals surface area contributed by atoms with Crippen LogP contribution >= 0.6 is 11.6 Å². The van der Waals surface area contributed by atoms with Gasteiger partial charge in [0.15, 0.2) is 5.76 Å². The minimum absolute atomic E-state index is 0.0109. The van der Waals surface area contributed by atoms with Gasteiger partial charge in [0.2, 0.25) is 11.8 Å². The highest BCUT2D eigenvalue weighted by molar-refractivity contribution is 6.30. The molecule has 3 heterocycles. The monoisotopic (exact) mass is 451 g/mol. The zero-order chi connectivity index (χ0) is 22.2. The van der Waals surface area contributed by atoms with E-state index in [1.807, 2.05) is 41.3 Å². The van der Waals surface area contributed by atoms with Crippen LogP contribution in [0.4, 0.5) is 5.69 Å². The first-order valence-electron chi connectivity index (χ1n) is 10.5. The van der Waals surface area contributed by atoms with E-state index < -0.39 is 0 Å². The quantitative estimate of drug-likeness (QED) is 0.600. The van der Waals surface area contributed by atoms with Crippen LogP contribution in [0.2, 0.25) is 5.02 Å². The van der Waals surface area contributed by atoms with Crippen LogP contribution in [-0.2, 0) is 22.6 Å². The average Bonchev–Trinajstić information content (AvgIpc) is 3.42. The zero-order valence-corrected chi connectivity index (χ0v) is 18.3. The van der Waals surface area contributed by atoms with Crippen LogP contribution in [0.1, 0.15) is 17.7 Å². The number of carbonyl (C=O) groups is 2. The molecule has 1 atom stereocenters. The van der Waals surface area contributed by atoms with E-state index in [4.69, 9.17) is 20.9 Å². The fourth-order valence-corrected chi connectivity index (χ4v) is 4.50. The van der Waals surface area contributed by atoms with Crippen LogP contribution in [0, 0.1) is 5.92 Å². The molecule has 8 heteroatoms. The van der Waals surface area contributed by atoms with Crippen molar-refractivity contribution in [3.05, 3.63) is 64.8 Å². The number of carbonyl (C=O) groups excluding carboxylic acids is 2. The van der Waals surface area contributed by atoms with Crippen LogP contribution in [0.15, 0.2) is 53.1 Å². The van der Waals surface area contributed by atoms with Gasteiger partial charge in [-0.05, 0) is 48.5 Å². The van der Waals surface area contributed by atoms with Gasteiger partial charge in [0, 0.05) is 47.8 Å². The molecular formula is C24H22ClN3O4. The van der Waals surface area contributed by atoms with Crippen LogP contribution in [0.25, 0.3) is 11.3 Å². The zero-order valence-electron chi connectivity index (χ0n) is 17.6. The topological polar surface area (TPSA) is 75.9 Å². The molecule has 5 rings (SSSR count). The van der Waals surface area contributed by atoms with Crippen molar-refractivity contribution in [1.82, 2.24) is 10.1 Å². The molecule has 1 fully saturated rings. The van der Waals surface area contributed by atoms with E-state index in [0.29, 0.717) is 36.8 Å². The van der Waals surface area contributed by atoms with Crippen LogP contribution in [-0.4, -0.2) is 42.1 Å². The van der Waals surface area contributed by atoms with Crippen molar-refractivity contribution in [2.75, 3.05) is 25.1 Å². The van der Waals surface area contributed by atoms with E-state index in [1.165, 1.54) is 0 Å². The van der Waals surface area contributed by atoms with Gasteiger partial charge >= 0.3 is 0 Å². The molecule has 0 radical (unpaired) electrons. The van der Waals surface area contributed by atoms with Gasteiger partial charge in [-0.2, -0.15) is 0 Å². The molecule has 2 amide bonds. The summed E-state index contributed by atoms with van der Waals surface area (Å²) >= 11 is 6.00. The Morgan fingerprint density at radius 3 is 2.62 bits per heavy atom. The molecule has 0 N–H and O–H groups in total. The Labute approximate surface area is 190 Å². The summed E-state index contributed by atoms with van der Waals surface area (Å²) in [5.41, 5.74) is 3.44. The fraction of sp³-hybridized carbons (Fsp3) is 0.292. The first-order chi connectivity index (χ1) is 15.5. The molecule has 3 aromatic rings. The summed E-state index contributed by atoms with van der Waals surface area (Å²) in [4.78, 5) is 29.4. The highest BCUT2D eigenvalue weighted by Crippen LogP contribution is 2.33. The number of hydrogen-bond acceptors (Lipinski definition) is 5. The van der Waals surface area contributed by atoms with Crippen molar-refractivity contribution in [2.45, 2.75) is 19.4 Å². The molecule has 1 saturated heterocycles. The molecule has 1 aromatic heterocycles. The summed E-state index contributed by atoms with van der Waals surface area (Å²) < 4.78 is 10.8. The molecule has 2 aliphatic heterocycles. The second kappa shape index (κ2) is 8.31. The molecule has 164 valence electrons. The van der Waals surface area contributed by atoms with E-state index >= 15 is 0 Å². The maximum absolute atomic E-state index is 13.3. The molecule has 0 spiro atoms. The number of ether oxygens (including phenoxy) is 1. The Bertz CT molecular complexity index is 1160. The van der Waals surface area contributed by atoms with Crippen molar-refractivity contribution in [2.24, 2.45) is 5.92 Å². The highest BCUT2D eigenvalue weighted by atomic mass is 35.5. The van der Waals surface area contributed by atoms with Crippen molar-refractivity contribution in [1.29, 1.82) is 0 Å². The minimum Gasteiger partial charge on any atom is -0.497 e. The van der Waals surface area contributed by atoms with E-state index in [2.05, 4.69) is 5.16 Å². The highest BCUT2D eigenvalue weighted by Gasteiger charge is 2.38. The Morgan fingerprint density at radius 1 is 1.16 bits per heavy atom. The van der Waals surface area contributed by atoms with Crippen molar-refractivity contribution >= 4 is 29.1 Å². The Balaban J connectivity index is 1.31. The number of hydrogen-bond donors (Lipinski definition) is 0. The van der Waals surface area contributed by atoms with E-state index in [1.54, 1.807) is 24.1 Å². The third-order valence-corrected chi connectivity index (χ3v) is 6.37. The Hall–Kier alpha value is -3.32. The maximum Gasteiger partial charge on any atom is 0.228 e. The first kappa shape index (κ1) is 20.6. The van der Waals surface area contributed by atoms with Gasteiger partial charge in [-0.25, -0.2) is 0 Å². The van der Waals surface area contributed by atoms with Crippen LogP contribution in [0.3, 0.4) is 0 Å². The third-order valence-electron chi connectivity index (χ3n) is 6.11. The van der Waals surface area contributed by atoms with Crippen molar-refractivity contribution in [3.63, 3.8) is 0 Å². The van der Waals surface area contributed by atoms with Crippen LogP contribution in [0.5, 0.6) is 5.75 Å². The molecule has 2 aromatic carbocycles. The SMILES string of the molecule is COc1ccc(N2CC(C(=O)N3CCc4noc(-c5ccc(Cl)cc5)c4C3)CC2=O)cc1. The molecule has 0 aliphatic carbocycles. The minimum atomic E-state index is -0.370.